The van der Waals surface area contributed by atoms with Gasteiger partial charge in [-0.1, -0.05) is 72.8 Å². The van der Waals surface area contributed by atoms with Crippen LogP contribution in [0, 0.1) is 0 Å². The highest BCUT2D eigenvalue weighted by atomic mass is 32.1. The third-order valence-corrected chi connectivity index (χ3v) is 2.78. The Morgan fingerprint density at radius 1 is 0.350 bits per heavy atom. The van der Waals surface area contributed by atoms with Crippen LogP contribution in [-0.2, 0) is 0 Å². The van der Waals surface area contributed by atoms with Gasteiger partial charge in [-0.05, 0) is 24.3 Å². The van der Waals surface area contributed by atoms with Gasteiger partial charge in [-0.15, -0.1) is 25.3 Å². The molecule has 0 spiro atoms. The molecule has 0 saturated carbocycles. The summed E-state index contributed by atoms with van der Waals surface area (Å²) in [6, 6.07) is 31.3. The Labute approximate surface area is 132 Å². The van der Waals surface area contributed by atoms with Crippen molar-refractivity contribution in [1.29, 1.82) is 0 Å². The quantitative estimate of drug-likeness (QED) is 0.569. The molecule has 0 heterocycles. The summed E-state index contributed by atoms with van der Waals surface area (Å²) in [6.07, 6.45) is 0. The minimum atomic E-state index is 0.903. The van der Waals surface area contributed by atoms with Gasteiger partial charge in [0, 0.05) is 9.79 Å². The van der Waals surface area contributed by atoms with E-state index in [0.717, 1.165) is 9.79 Å². The molecule has 1 aromatic rings. The van der Waals surface area contributed by atoms with E-state index in [9.17, 15) is 0 Å². The molecule has 0 fully saturated rings. The molecule has 0 bridgehead atoms. The van der Waals surface area contributed by atoms with E-state index in [2.05, 4.69) is 25.3 Å². The second-order valence-corrected chi connectivity index (χ2v) is 4.86. The monoisotopic (exact) mass is 298 g/mol. The lowest BCUT2D eigenvalue weighted by Crippen LogP contribution is -1.55. The van der Waals surface area contributed by atoms with Gasteiger partial charge in [0.15, 0.2) is 0 Å². The predicted molar refractivity (Wildman–Crippen MR) is 93.8 cm³/mol. The Morgan fingerprint density at radius 3 is 0.800 bits per heavy atom. The lowest BCUT2D eigenvalue weighted by molar-refractivity contribution is 1.50. The number of rotatable bonds is 0. The van der Waals surface area contributed by atoms with Crippen molar-refractivity contribution in [3.8, 4) is 0 Å². The summed E-state index contributed by atoms with van der Waals surface area (Å²) in [5.41, 5.74) is 0. The van der Waals surface area contributed by atoms with E-state index in [0.29, 0.717) is 0 Å². The highest BCUT2D eigenvalue weighted by Gasteiger charge is 1.71. The second-order valence-electron chi connectivity index (χ2n) is 3.83. The summed E-state index contributed by atoms with van der Waals surface area (Å²) in [7, 11) is 0. The van der Waals surface area contributed by atoms with Gasteiger partial charge in [-0.25, -0.2) is 0 Å². The fraction of sp³-hybridized carbons (Fsp3) is 0. The molecule has 20 heavy (non-hydrogen) atoms. The van der Waals surface area contributed by atoms with Crippen LogP contribution < -0.4 is 0 Å². The highest BCUT2D eigenvalue weighted by Crippen LogP contribution is 1.99. The summed E-state index contributed by atoms with van der Waals surface area (Å²) >= 11 is 8.71. The Hall–Kier alpha value is -1.64. The first-order valence-electron chi connectivity index (χ1n) is 6.27. The van der Waals surface area contributed by atoms with Crippen molar-refractivity contribution in [1.82, 2.24) is 0 Å². The minimum absolute atomic E-state index is 0.903. The van der Waals surface area contributed by atoms with E-state index in [-0.39, 0.29) is 0 Å². The maximum atomic E-state index is 4.36. The third kappa shape index (κ3) is 9.31. The lowest BCUT2D eigenvalue weighted by atomic mass is 10.4. The van der Waals surface area contributed by atoms with Crippen LogP contribution in [0.25, 0.3) is 0 Å². The van der Waals surface area contributed by atoms with Crippen LogP contribution in [0.2, 0.25) is 0 Å². The van der Waals surface area contributed by atoms with Gasteiger partial charge in [0.1, 0.15) is 0 Å². The molecule has 0 nitrogen and oxygen atoms in total. The lowest BCUT2D eigenvalue weighted by Gasteiger charge is -1.79. The Balaban J connectivity index is 3.19. The molecule has 0 amide bonds. The maximum absolute atomic E-state index is 4.36. The average Bonchev–Trinajstić information content (AvgIpc) is 2.43. The zero-order valence-corrected chi connectivity index (χ0v) is 12.9. The fourth-order valence-corrected chi connectivity index (χ4v) is 1.59. The summed E-state index contributed by atoms with van der Waals surface area (Å²) in [5.74, 6) is 0. The molecule has 0 saturated heterocycles. The van der Waals surface area contributed by atoms with E-state index < -0.39 is 0 Å². The first-order valence-corrected chi connectivity index (χ1v) is 7.16. The minimum Gasteiger partial charge on any atom is -0.143 e. The van der Waals surface area contributed by atoms with E-state index in [1.54, 1.807) is 0 Å². The smallest absolute Gasteiger partial charge is 0.00399 e. The summed E-state index contributed by atoms with van der Waals surface area (Å²) in [5, 5.41) is 0. The Morgan fingerprint density at radius 2 is 0.550 bits per heavy atom. The zero-order chi connectivity index (χ0) is 14.5. The number of hydrogen-bond acceptors (Lipinski definition) is 2. The average molecular weight is 298 g/mol. The van der Waals surface area contributed by atoms with E-state index in [1.807, 2.05) is 97.1 Å². The van der Waals surface area contributed by atoms with Crippen LogP contribution in [0.5, 0.6) is 0 Å². The summed E-state index contributed by atoms with van der Waals surface area (Å²) in [4.78, 5) is 1.81. The van der Waals surface area contributed by atoms with Gasteiger partial charge in [0.05, 0.1) is 0 Å². The Kier molecular flexibility index (Phi) is 9.20. The standard InChI is InChI=1S/C18H18S2/c19-17-13-9-5-2-1-3-6-10-14-18(20)16-12-8-4-7-11-15-17/h1-16,19-20H. The van der Waals surface area contributed by atoms with E-state index >= 15 is 0 Å². The molecular formula is C18H18S2. The molecule has 1 rings (SSSR count). The van der Waals surface area contributed by atoms with E-state index in [4.69, 9.17) is 0 Å². The van der Waals surface area contributed by atoms with Gasteiger partial charge >= 0.3 is 0 Å². The molecule has 0 aliphatic rings. The maximum Gasteiger partial charge on any atom is 0.00399 e. The SMILES string of the molecule is Sc1cccccccccc(S)ccccccc1. The van der Waals surface area contributed by atoms with Crippen LogP contribution in [-0.4, -0.2) is 0 Å². The van der Waals surface area contributed by atoms with Crippen molar-refractivity contribution < 1.29 is 0 Å². The summed E-state index contributed by atoms with van der Waals surface area (Å²) < 4.78 is 0. The van der Waals surface area contributed by atoms with Crippen molar-refractivity contribution in [2.24, 2.45) is 0 Å². The summed E-state index contributed by atoms with van der Waals surface area (Å²) in [6.45, 7) is 0. The number of thiol groups is 2. The molecular weight excluding hydrogens is 280 g/mol. The van der Waals surface area contributed by atoms with Gasteiger partial charge in [0.2, 0.25) is 0 Å². The van der Waals surface area contributed by atoms with Crippen molar-refractivity contribution in [3.05, 3.63) is 97.1 Å². The first-order chi connectivity index (χ1) is 9.79. The molecule has 0 aromatic heterocycles. The zero-order valence-electron chi connectivity index (χ0n) is 11.1. The van der Waals surface area contributed by atoms with Gasteiger partial charge in [-0.2, -0.15) is 0 Å². The van der Waals surface area contributed by atoms with E-state index in [1.165, 1.54) is 0 Å². The molecule has 2 heteroatoms. The molecule has 0 unspecified atom stereocenters. The first kappa shape index (κ1) is 16.4. The number of hydrogen-bond donors (Lipinski definition) is 2. The second kappa shape index (κ2) is 11.2. The highest BCUT2D eigenvalue weighted by molar-refractivity contribution is 7.80. The molecule has 0 N–H and O–H groups in total. The van der Waals surface area contributed by atoms with Crippen LogP contribution in [0.4, 0.5) is 0 Å². The van der Waals surface area contributed by atoms with Crippen LogP contribution in [0.1, 0.15) is 0 Å². The van der Waals surface area contributed by atoms with Crippen LogP contribution >= 0.6 is 25.3 Å². The largest absolute Gasteiger partial charge is 0.143 e. The fourth-order valence-electron chi connectivity index (χ4n) is 1.24. The Bertz CT molecular complexity index is 530. The van der Waals surface area contributed by atoms with Gasteiger partial charge in [0.25, 0.3) is 0 Å². The molecule has 102 valence electrons. The van der Waals surface area contributed by atoms with Gasteiger partial charge in [-0.3, -0.25) is 0 Å². The third-order valence-electron chi connectivity index (χ3n) is 2.18. The van der Waals surface area contributed by atoms with Crippen LogP contribution in [0.15, 0.2) is 107 Å². The van der Waals surface area contributed by atoms with Crippen molar-refractivity contribution in [2.45, 2.75) is 9.79 Å². The molecule has 0 atom stereocenters. The van der Waals surface area contributed by atoms with Crippen molar-refractivity contribution in [2.75, 3.05) is 0 Å². The topological polar surface area (TPSA) is 0 Å². The molecule has 1 aromatic carbocycles. The van der Waals surface area contributed by atoms with Gasteiger partial charge < -0.3 is 0 Å². The predicted octanol–water partition coefficient (Wildman–Crippen LogP) is 5.64. The normalized spacial score (nSPS) is 8.50. The van der Waals surface area contributed by atoms with Crippen LogP contribution in [0.3, 0.4) is 0 Å². The van der Waals surface area contributed by atoms with Crippen molar-refractivity contribution in [3.63, 3.8) is 0 Å². The molecule has 0 aliphatic carbocycles. The molecule has 0 radical (unpaired) electrons. The van der Waals surface area contributed by atoms with Crippen molar-refractivity contribution >= 4 is 25.3 Å². The molecule has 0 aliphatic heterocycles.